The molecule has 0 saturated carbocycles. The first-order valence-corrected chi connectivity index (χ1v) is 7.20. The van der Waals surface area contributed by atoms with Crippen LogP contribution in [0.5, 0.6) is 0 Å². The van der Waals surface area contributed by atoms with Crippen LogP contribution in [0.4, 0.5) is 11.6 Å². The number of aromatic nitrogens is 3. The second kappa shape index (κ2) is 6.34. The first-order chi connectivity index (χ1) is 9.47. The lowest BCUT2D eigenvalue weighted by molar-refractivity contribution is -0.115. The summed E-state index contributed by atoms with van der Waals surface area (Å²) in [5.41, 5.74) is 5.88. The molecule has 2 aromatic rings. The molecule has 106 valence electrons. The smallest absolute Gasteiger partial charge is 0.237 e. The topological polar surface area (TPSA) is 96.7 Å². The molecule has 0 spiro atoms. The summed E-state index contributed by atoms with van der Waals surface area (Å²) in [6, 6.07) is 5.03. The van der Waals surface area contributed by atoms with Crippen molar-refractivity contribution in [3.63, 3.8) is 0 Å². The molecule has 0 radical (unpaired) electrons. The lowest BCUT2D eigenvalue weighted by Gasteiger charge is -2.11. The van der Waals surface area contributed by atoms with Crippen molar-refractivity contribution < 1.29 is 4.79 Å². The number of hydrogen-bond donors (Lipinski definition) is 3. The van der Waals surface area contributed by atoms with Gasteiger partial charge >= 0.3 is 0 Å². The second-order valence-corrected chi connectivity index (χ2v) is 5.95. The highest BCUT2D eigenvalue weighted by molar-refractivity contribution is 8.00. The molecule has 4 N–H and O–H groups in total. The third-order valence-electron chi connectivity index (χ3n) is 2.34. The monoisotopic (exact) mass is 331 g/mol. The molecule has 1 aromatic heterocycles. The minimum absolute atomic E-state index is 0.206. The summed E-state index contributed by atoms with van der Waals surface area (Å²) in [5.74, 6) is -0.0273. The number of carbonyl (C=O) groups is 1. The Morgan fingerprint density at radius 3 is 2.90 bits per heavy atom. The van der Waals surface area contributed by atoms with Crippen molar-refractivity contribution in [1.82, 2.24) is 15.2 Å². The van der Waals surface area contributed by atoms with Gasteiger partial charge in [-0.1, -0.05) is 41.0 Å². The van der Waals surface area contributed by atoms with E-state index in [-0.39, 0.29) is 11.9 Å². The van der Waals surface area contributed by atoms with E-state index in [0.29, 0.717) is 20.9 Å². The number of thioether (sulfide) groups is 1. The summed E-state index contributed by atoms with van der Waals surface area (Å²) >= 11 is 13.1. The largest absolute Gasteiger partial charge is 0.368 e. The number of amides is 1. The minimum atomic E-state index is -0.416. The molecule has 6 nitrogen and oxygen atoms in total. The SMILES string of the molecule is C[C@@H](Sc1n[nH]c(N)n1)C(=O)Nc1cccc(Cl)c1Cl. The normalized spacial score (nSPS) is 12.2. The maximum atomic E-state index is 12.1. The highest BCUT2D eigenvalue weighted by Gasteiger charge is 2.18. The summed E-state index contributed by atoms with van der Waals surface area (Å²) < 4.78 is 0. The van der Waals surface area contributed by atoms with Gasteiger partial charge in [0.05, 0.1) is 21.0 Å². The van der Waals surface area contributed by atoms with Gasteiger partial charge in [-0.3, -0.25) is 4.79 Å². The van der Waals surface area contributed by atoms with Gasteiger partial charge in [-0.05, 0) is 19.1 Å². The number of carbonyl (C=O) groups excluding carboxylic acids is 1. The Morgan fingerprint density at radius 2 is 2.25 bits per heavy atom. The number of halogens is 2. The van der Waals surface area contributed by atoms with Crippen LogP contribution in [0.25, 0.3) is 0 Å². The van der Waals surface area contributed by atoms with Crippen molar-refractivity contribution in [2.45, 2.75) is 17.3 Å². The van der Waals surface area contributed by atoms with Crippen molar-refractivity contribution in [1.29, 1.82) is 0 Å². The fourth-order valence-corrected chi connectivity index (χ4v) is 2.44. The third-order valence-corrected chi connectivity index (χ3v) is 4.12. The Kier molecular flexibility index (Phi) is 4.74. The zero-order chi connectivity index (χ0) is 14.7. The fourth-order valence-electron chi connectivity index (χ4n) is 1.36. The molecule has 9 heteroatoms. The van der Waals surface area contributed by atoms with Gasteiger partial charge in [0.25, 0.3) is 0 Å². The molecular formula is C11H11Cl2N5OS. The van der Waals surface area contributed by atoms with E-state index >= 15 is 0 Å². The molecule has 0 aliphatic heterocycles. The number of anilines is 2. The maximum Gasteiger partial charge on any atom is 0.237 e. The Morgan fingerprint density at radius 1 is 1.50 bits per heavy atom. The standard InChI is InChI=1S/C11H11Cl2N5OS/c1-5(20-11-16-10(14)17-18-11)9(19)15-7-4-2-3-6(12)8(7)13/h2-5H,1H3,(H,15,19)(H3,14,16,17,18)/t5-/m1/s1. The number of nitrogen functional groups attached to an aromatic ring is 1. The van der Waals surface area contributed by atoms with E-state index in [0.717, 1.165) is 0 Å². The number of rotatable bonds is 4. The van der Waals surface area contributed by atoms with E-state index in [4.69, 9.17) is 28.9 Å². The summed E-state index contributed by atoms with van der Waals surface area (Å²) in [6.45, 7) is 1.73. The Hall–Kier alpha value is -1.44. The summed E-state index contributed by atoms with van der Waals surface area (Å²) in [6.07, 6.45) is 0. The number of benzene rings is 1. The summed E-state index contributed by atoms with van der Waals surface area (Å²) in [4.78, 5) is 16.0. The van der Waals surface area contributed by atoms with Gasteiger partial charge in [0.2, 0.25) is 17.0 Å². The Balaban J connectivity index is 2.02. The van der Waals surface area contributed by atoms with Crippen LogP contribution in [0.1, 0.15) is 6.92 Å². The maximum absolute atomic E-state index is 12.1. The zero-order valence-corrected chi connectivity index (χ0v) is 12.7. The van der Waals surface area contributed by atoms with Crippen LogP contribution in [-0.4, -0.2) is 26.3 Å². The molecule has 20 heavy (non-hydrogen) atoms. The Bertz CT molecular complexity index is 633. The van der Waals surface area contributed by atoms with Crippen LogP contribution >= 0.6 is 35.0 Å². The average molecular weight is 332 g/mol. The molecule has 2 rings (SSSR count). The molecule has 0 unspecified atom stereocenters. The number of hydrogen-bond acceptors (Lipinski definition) is 5. The predicted molar refractivity (Wildman–Crippen MR) is 81.2 cm³/mol. The molecule has 1 amide bonds. The molecule has 0 bridgehead atoms. The van der Waals surface area contributed by atoms with E-state index in [1.807, 2.05) is 0 Å². The van der Waals surface area contributed by atoms with Gasteiger partial charge in [0.1, 0.15) is 0 Å². The number of H-pyrrole nitrogens is 1. The van der Waals surface area contributed by atoms with Crippen LogP contribution in [-0.2, 0) is 4.79 Å². The molecule has 1 heterocycles. The minimum Gasteiger partial charge on any atom is -0.368 e. The van der Waals surface area contributed by atoms with Crippen LogP contribution in [0, 0.1) is 0 Å². The van der Waals surface area contributed by atoms with Crippen LogP contribution < -0.4 is 11.1 Å². The fraction of sp³-hybridized carbons (Fsp3) is 0.182. The lowest BCUT2D eigenvalue weighted by atomic mass is 10.3. The second-order valence-electron chi connectivity index (χ2n) is 3.85. The average Bonchev–Trinajstić information content (AvgIpc) is 2.80. The van der Waals surface area contributed by atoms with Crippen molar-refractivity contribution in [3.8, 4) is 0 Å². The van der Waals surface area contributed by atoms with E-state index in [1.54, 1.807) is 25.1 Å². The van der Waals surface area contributed by atoms with Gasteiger partial charge in [0, 0.05) is 0 Å². The van der Waals surface area contributed by atoms with Crippen LogP contribution in [0.3, 0.4) is 0 Å². The zero-order valence-electron chi connectivity index (χ0n) is 10.4. The van der Waals surface area contributed by atoms with Crippen molar-refractivity contribution in [3.05, 3.63) is 28.2 Å². The van der Waals surface area contributed by atoms with E-state index in [2.05, 4.69) is 20.5 Å². The van der Waals surface area contributed by atoms with Gasteiger partial charge in [-0.15, -0.1) is 5.10 Å². The summed E-state index contributed by atoms with van der Waals surface area (Å²) in [5, 5.41) is 9.74. The number of nitrogens with one attached hydrogen (secondary N) is 2. The van der Waals surface area contributed by atoms with Crippen molar-refractivity contribution in [2.75, 3.05) is 11.1 Å². The first kappa shape index (κ1) is 15.0. The third kappa shape index (κ3) is 3.56. The van der Waals surface area contributed by atoms with Gasteiger partial charge in [-0.2, -0.15) is 4.98 Å². The quantitative estimate of drug-likeness (QED) is 0.748. The van der Waals surface area contributed by atoms with Gasteiger partial charge in [-0.25, -0.2) is 5.10 Å². The molecule has 1 atom stereocenters. The predicted octanol–water partition coefficient (Wildman–Crippen LogP) is 2.81. The molecule has 1 aromatic carbocycles. The van der Waals surface area contributed by atoms with Gasteiger partial charge < -0.3 is 11.1 Å². The highest BCUT2D eigenvalue weighted by atomic mass is 35.5. The molecular weight excluding hydrogens is 321 g/mol. The molecule has 0 aliphatic rings. The number of nitrogens with two attached hydrogens (primary N) is 1. The van der Waals surface area contributed by atoms with Crippen LogP contribution in [0.2, 0.25) is 10.0 Å². The van der Waals surface area contributed by atoms with Crippen LogP contribution in [0.15, 0.2) is 23.4 Å². The van der Waals surface area contributed by atoms with Crippen molar-refractivity contribution >= 4 is 52.5 Å². The van der Waals surface area contributed by atoms with E-state index < -0.39 is 5.25 Å². The lowest BCUT2D eigenvalue weighted by Crippen LogP contribution is -2.22. The molecule has 0 aliphatic carbocycles. The highest BCUT2D eigenvalue weighted by Crippen LogP contribution is 2.30. The van der Waals surface area contributed by atoms with E-state index in [9.17, 15) is 4.79 Å². The summed E-state index contributed by atoms with van der Waals surface area (Å²) in [7, 11) is 0. The molecule has 0 saturated heterocycles. The number of nitrogens with zero attached hydrogens (tertiary/aromatic N) is 2. The first-order valence-electron chi connectivity index (χ1n) is 5.57. The Labute approximate surface area is 129 Å². The van der Waals surface area contributed by atoms with Crippen molar-refractivity contribution in [2.24, 2.45) is 0 Å². The number of aromatic amines is 1. The van der Waals surface area contributed by atoms with E-state index in [1.165, 1.54) is 11.8 Å². The van der Waals surface area contributed by atoms with Gasteiger partial charge in [0.15, 0.2) is 0 Å². The molecule has 0 fully saturated rings.